The highest BCUT2D eigenvalue weighted by molar-refractivity contribution is 8.14. The van der Waals surface area contributed by atoms with Crippen molar-refractivity contribution in [1.29, 1.82) is 5.41 Å². The molecule has 2 rings (SSSR count). The van der Waals surface area contributed by atoms with E-state index in [0.29, 0.717) is 31.3 Å². The number of likely N-dealkylation sites (tertiary alicyclic amines) is 2. The summed E-state index contributed by atoms with van der Waals surface area (Å²) in [5, 5.41) is 13.1. The minimum atomic E-state index is -1.17. The van der Waals surface area contributed by atoms with E-state index in [1.165, 1.54) is 13.1 Å². The van der Waals surface area contributed by atoms with Crippen LogP contribution in [0.3, 0.4) is 0 Å². The van der Waals surface area contributed by atoms with Crippen LogP contribution in [-0.4, -0.2) is 89.6 Å². The number of hydrogen-bond donors (Lipinski definition) is 3. The van der Waals surface area contributed by atoms with Crippen LogP contribution in [-0.2, 0) is 4.79 Å². The zero-order valence-electron chi connectivity index (χ0n) is 19.1. The van der Waals surface area contributed by atoms with Crippen LogP contribution in [0.15, 0.2) is 29.3 Å². The Kier molecular flexibility index (Phi) is 9.02. The molecule has 1 amide bonds. The molecular formula is C20H35FN8OS. The minimum absolute atomic E-state index is 0.00379. The van der Waals surface area contributed by atoms with Crippen molar-refractivity contribution in [1.82, 2.24) is 30.5 Å². The highest BCUT2D eigenvalue weighted by Crippen LogP contribution is 2.23. The molecule has 2 aliphatic rings. The largest absolute Gasteiger partial charge is 0.373 e. The van der Waals surface area contributed by atoms with Gasteiger partial charge in [-0.15, -0.1) is 0 Å². The lowest BCUT2D eigenvalue weighted by atomic mass is 9.97. The number of allylic oxidation sites excluding steroid dienone is 1. The average Bonchev–Trinajstić information content (AvgIpc) is 2.63. The Morgan fingerprint density at radius 2 is 2.03 bits per heavy atom. The van der Waals surface area contributed by atoms with E-state index < -0.39 is 5.50 Å². The summed E-state index contributed by atoms with van der Waals surface area (Å²) in [7, 11) is 5.33. The minimum Gasteiger partial charge on any atom is -0.373 e. The molecule has 0 spiro atoms. The fraction of sp³-hybridized carbons (Fsp3) is 0.650. The molecule has 0 radical (unpaired) electrons. The standard InChI is InChI=1S/C20H35FN8OS/c1-7-16(17(23-4)26(5)19(22)31-14(3)21)25-27(6)20(24-8-2)29-12-15(13-29)18(30)28-10-9-11-28/h8,14-15,22-23,25H,2,7,9-13H2,1,3-6H3/b17-16+,22-19?,24-20?. The molecule has 0 aromatic rings. The van der Waals surface area contributed by atoms with E-state index in [9.17, 15) is 9.18 Å². The molecule has 174 valence electrons. The van der Waals surface area contributed by atoms with Gasteiger partial charge in [0.05, 0.1) is 11.6 Å². The first-order chi connectivity index (χ1) is 14.7. The number of aliphatic imine (C=N–C) groups is 1. The third-order valence-electron chi connectivity index (χ3n) is 5.28. The van der Waals surface area contributed by atoms with Crippen molar-refractivity contribution >= 4 is 28.8 Å². The van der Waals surface area contributed by atoms with Gasteiger partial charge in [-0.2, -0.15) is 0 Å². The summed E-state index contributed by atoms with van der Waals surface area (Å²) >= 11 is 0.843. The molecule has 2 aliphatic heterocycles. The molecule has 1 atom stereocenters. The van der Waals surface area contributed by atoms with Crippen molar-refractivity contribution in [2.24, 2.45) is 10.9 Å². The molecular weight excluding hydrogens is 419 g/mol. The number of guanidine groups is 1. The monoisotopic (exact) mass is 454 g/mol. The number of amidine groups is 1. The summed E-state index contributed by atoms with van der Waals surface area (Å²) in [5.74, 6) is 1.56. The van der Waals surface area contributed by atoms with Gasteiger partial charge in [0, 0.05) is 53.5 Å². The molecule has 2 saturated heterocycles. The summed E-state index contributed by atoms with van der Waals surface area (Å²) in [5.41, 5.74) is 2.97. The van der Waals surface area contributed by atoms with Gasteiger partial charge in [-0.3, -0.25) is 20.6 Å². The summed E-state index contributed by atoms with van der Waals surface area (Å²) < 4.78 is 13.3. The Labute approximate surface area is 188 Å². The fourth-order valence-electron chi connectivity index (χ4n) is 3.46. The smallest absolute Gasteiger partial charge is 0.229 e. The van der Waals surface area contributed by atoms with Gasteiger partial charge in [0.1, 0.15) is 11.3 Å². The van der Waals surface area contributed by atoms with Crippen LogP contribution < -0.4 is 10.7 Å². The van der Waals surface area contributed by atoms with E-state index in [1.807, 2.05) is 23.8 Å². The number of alkyl halides is 1. The Bertz CT molecular complexity index is 731. The lowest BCUT2D eigenvalue weighted by Crippen LogP contribution is -2.62. The van der Waals surface area contributed by atoms with E-state index in [0.717, 1.165) is 37.0 Å². The second kappa shape index (κ2) is 11.3. The van der Waals surface area contributed by atoms with Gasteiger partial charge >= 0.3 is 0 Å². The normalized spacial score (nSPS) is 18.3. The number of carbonyl (C=O) groups excluding carboxylic acids is 1. The quantitative estimate of drug-likeness (QED) is 0.293. The molecule has 0 aliphatic carbocycles. The number of nitrogens with one attached hydrogen (secondary N) is 3. The van der Waals surface area contributed by atoms with Gasteiger partial charge in [-0.05, 0) is 19.8 Å². The number of hydrazine groups is 1. The summed E-state index contributed by atoms with van der Waals surface area (Å²) in [6.07, 6.45) is 3.21. The third-order valence-corrected chi connectivity index (χ3v) is 6.10. The first kappa shape index (κ1) is 24.8. The first-order valence-electron chi connectivity index (χ1n) is 10.5. The van der Waals surface area contributed by atoms with E-state index in [2.05, 4.69) is 22.3 Å². The van der Waals surface area contributed by atoms with Crippen LogP contribution in [0.5, 0.6) is 0 Å². The number of carbonyl (C=O) groups is 1. The maximum atomic E-state index is 13.3. The van der Waals surface area contributed by atoms with Crippen LogP contribution >= 0.6 is 11.8 Å². The van der Waals surface area contributed by atoms with Crippen molar-refractivity contribution in [2.75, 3.05) is 47.3 Å². The van der Waals surface area contributed by atoms with Gasteiger partial charge in [0.2, 0.25) is 11.9 Å². The van der Waals surface area contributed by atoms with Crippen LogP contribution in [0.4, 0.5) is 4.39 Å². The number of nitrogens with zero attached hydrogens (tertiary/aromatic N) is 5. The van der Waals surface area contributed by atoms with Gasteiger partial charge in [0.25, 0.3) is 0 Å². The summed E-state index contributed by atoms with van der Waals surface area (Å²) in [4.78, 5) is 22.4. The molecule has 1 unspecified atom stereocenters. The highest BCUT2D eigenvalue weighted by atomic mass is 32.2. The van der Waals surface area contributed by atoms with Crippen LogP contribution in [0, 0.1) is 11.3 Å². The summed E-state index contributed by atoms with van der Waals surface area (Å²) in [6.45, 7) is 10.1. The van der Waals surface area contributed by atoms with Crippen molar-refractivity contribution in [3.8, 4) is 0 Å². The van der Waals surface area contributed by atoms with Crippen LogP contribution in [0.2, 0.25) is 0 Å². The Balaban J connectivity index is 2.08. The SMILES string of the molecule is C=CN=C(N1CC(C(=O)N2CCC2)C1)N(C)N/C(CC)=C(\NC)N(C)C(=N)SC(C)F. The van der Waals surface area contributed by atoms with Crippen molar-refractivity contribution in [3.63, 3.8) is 0 Å². The molecule has 0 bridgehead atoms. The average molecular weight is 455 g/mol. The van der Waals surface area contributed by atoms with Gasteiger partial charge < -0.3 is 20.0 Å². The predicted octanol–water partition coefficient (Wildman–Crippen LogP) is 1.80. The van der Waals surface area contributed by atoms with Crippen molar-refractivity contribution in [3.05, 3.63) is 24.3 Å². The van der Waals surface area contributed by atoms with Gasteiger partial charge in [-0.25, -0.2) is 9.38 Å². The molecule has 31 heavy (non-hydrogen) atoms. The van der Waals surface area contributed by atoms with Gasteiger partial charge in [-0.1, -0.05) is 25.3 Å². The van der Waals surface area contributed by atoms with E-state index in [1.54, 1.807) is 24.0 Å². The van der Waals surface area contributed by atoms with Crippen LogP contribution in [0.25, 0.3) is 0 Å². The summed E-state index contributed by atoms with van der Waals surface area (Å²) in [6, 6.07) is 0. The Morgan fingerprint density at radius 3 is 2.48 bits per heavy atom. The topological polar surface area (TPSA) is 90.3 Å². The Hall–Kier alpha value is -2.43. The molecule has 2 fully saturated rings. The molecule has 9 nitrogen and oxygen atoms in total. The number of thioether (sulfide) groups is 1. The van der Waals surface area contributed by atoms with Crippen LogP contribution in [0.1, 0.15) is 26.7 Å². The maximum Gasteiger partial charge on any atom is 0.229 e. The van der Waals surface area contributed by atoms with Gasteiger partial charge in [0.15, 0.2) is 5.17 Å². The number of halogens is 1. The fourth-order valence-corrected chi connectivity index (χ4v) is 4.02. The number of hydrogen-bond acceptors (Lipinski definition) is 6. The van der Waals surface area contributed by atoms with E-state index >= 15 is 0 Å². The molecule has 3 N–H and O–H groups in total. The first-order valence-corrected chi connectivity index (χ1v) is 11.4. The van der Waals surface area contributed by atoms with Crippen molar-refractivity contribution < 1.29 is 9.18 Å². The van der Waals surface area contributed by atoms with E-state index in [4.69, 9.17) is 5.41 Å². The maximum absolute atomic E-state index is 13.3. The second-order valence-electron chi connectivity index (χ2n) is 7.52. The van der Waals surface area contributed by atoms with Crippen molar-refractivity contribution in [2.45, 2.75) is 32.2 Å². The zero-order valence-corrected chi connectivity index (χ0v) is 19.9. The number of amides is 1. The Morgan fingerprint density at radius 1 is 1.39 bits per heavy atom. The van der Waals surface area contributed by atoms with E-state index in [-0.39, 0.29) is 17.0 Å². The highest BCUT2D eigenvalue weighted by Gasteiger charge is 2.39. The zero-order chi connectivity index (χ0) is 23.1. The second-order valence-corrected chi connectivity index (χ2v) is 8.79. The number of rotatable bonds is 8. The lowest BCUT2D eigenvalue weighted by Gasteiger charge is -2.45. The molecule has 11 heteroatoms. The molecule has 2 heterocycles. The molecule has 0 aromatic heterocycles. The predicted molar refractivity (Wildman–Crippen MR) is 125 cm³/mol. The third kappa shape index (κ3) is 6.05. The lowest BCUT2D eigenvalue weighted by molar-refractivity contribution is -0.143. The molecule has 0 aromatic carbocycles. The molecule has 0 saturated carbocycles.